The minimum absolute atomic E-state index is 0.00756. The smallest absolute Gasteiger partial charge is 0.407 e. The van der Waals surface area contributed by atoms with E-state index in [1.807, 2.05) is 30.3 Å². The molecule has 0 unspecified atom stereocenters. The van der Waals surface area contributed by atoms with E-state index in [4.69, 9.17) is 4.74 Å². The van der Waals surface area contributed by atoms with Gasteiger partial charge in [-0.15, -0.1) is 0 Å². The number of carbonyl (C=O) groups excluding carboxylic acids is 2. The van der Waals surface area contributed by atoms with Gasteiger partial charge < -0.3 is 15.0 Å². The number of ether oxygens (including phenoxy) is 1. The van der Waals surface area contributed by atoms with Crippen molar-refractivity contribution in [3.63, 3.8) is 0 Å². The van der Waals surface area contributed by atoms with Gasteiger partial charge in [-0.25, -0.2) is 4.79 Å². The van der Waals surface area contributed by atoms with Crippen molar-refractivity contribution in [2.24, 2.45) is 0 Å². The Balaban J connectivity index is 1.65. The van der Waals surface area contributed by atoms with E-state index in [9.17, 15) is 9.59 Å². The highest BCUT2D eigenvalue weighted by molar-refractivity contribution is 5.83. The molecule has 5 nitrogen and oxygen atoms in total. The molecule has 1 fully saturated rings. The van der Waals surface area contributed by atoms with Gasteiger partial charge in [0.05, 0.1) is 0 Å². The van der Waals surface area contributed by atoms with Crippen molar-refractivity contribution in [1.82, 2.24) is 10.2 Å². The summed E-state index contributed by atoms with van der Waals surface area (Å²) in [4.78, 5) is 24.1. The minimum Gasteiger partial charge on any atom is -0.445 e. The first kappa shape index (κ1) is 11.4. The van der Waals surface area contributed by atoms with Crippen molar-refractivity contribution in [3.05, 3.63) is 35.9 Å². The fourth-order valence-corrected chi connectivity index (χ4v) is 1.33. The number of carbonyl (C=O) groups is 2. The summed E-state index contributed by atoms with van der Waals surface area (Å²) in [6.45, 7) is 1.80. The average Bonchev–Trinajstić information content (AvgIpc) is 3.19. The molecule has 0 saturated carbocycles. The van der Waals surface area contributed by atoms with Crippen molar-refractivity contribution in [2.75, 3.05) is 19.6 Å². The number of hydrogen-bond acceptors (Lipinski definition) is 3. The van der Waals surface area contributed by atoms with Crippen LogP contribution in [0.4, 0.5) is 4.79 Å². The second kappa shape index (κ2) is 5.34. The van der Waals surface area contributed by atoms with Gasteiger partial charge in [0.25, 0.3) is 0 Å². The van der Waals surface area contributed by atoms with Crippen LogP contribution in [0.5, 0.6) is 0 Å². The first-order valence-corrected chi connectivity index (χ1v) is 5.48. The zero-order valence-corrected chi connectivity index (χ0v) is 9.39. The molecule has 1 heterocycles. The molecule has 1 aromatic rings. The van der Waals surface area contributed by atoms with Crippen LogP contribution >= 0.6 is 0 Å². The molecule has 5 heteroatoms. The van der Waals surface area contributed by atoms with Gasteiger partial charge in [0.15, 0.2) is 0 Å². The molecule has 1 saturated heterocycles. The van der Waals surface area contributed by atoms with Gasteiger partial charge in [-0.2, -0.15) is 0 Å². The maximum absolute atomic E-state index is 11.3. The Morgan fingerprint density at radius 2 is 1.94 bits per heavy atom. The summed E-state index contributed by atoms with van der Waals surface area (Å²) in [5.41, 5.74) is 0.917. The molecule has 90 valence electrons. The van der Waals surface area contributed by atoms with Gasteiger partial charge >= 0.3 is 6.09 Å². The standard InChI is InChI=1S/C12H14N2O3/c15-11(14-6-7-14)8-13-12(16)17-9-10-4-2-1-3-5-10/h1-5H,6-9H2,(H,13,16). The van der Waals surface area contributed by atoms with Gasteiger partial charge in [-0.3, -0.25) is 4.79 Å². The summed E-state index contributed by atoms with van der Waals surface area (Å²) in [6, 6.07) is 9.38. The Morgan fingerprint density at radius 3 is 2.59 bits per heavy atom. The monoisotopic (exact) mass is 234 g/mol. The van der Waals surface area contributed by atoms with E-state index in [0.717, 1.165) is 18.7 Å². The second-order valence-corrected chi connectivity index (χ2v) is 3.80. The number of hydrogen-bond donors (Lipinski definition) is 1. The maximum atomic E-state index is 11.3. The van der Waals surface area contributed by atoms with Gasteiger partial charge in [-0.05, 0) is 5.56 Å². The summed E-state index contributed by atoms with van der Waals surface area (Å²) in [5.74, 6) is -0.0679. The number of benzene rings is 1. The van der Waals surface area contributed by atoms with Gasteiger partial charge in [-0.1, -0.05) is 30.3 Å². The largest absolute Gasteiger partial charge is 0.445 e. The molecule has 2 amide bonds. The van der Waals surface area contributed by atoms with E-state index in [2.05, 4.69) is 5.32 Å². The summed E-state index contributed by atoms with van der Waals surface area (Å²) in [7, 11) is 0. The van der Waals surface area contributed by atoms with Crippen LogP contribution in [0.15, 0.2) is 30.3 Å². The lowest BCUT2D eigenvalue weighted by Crippen LogP contribution is -2.33. The summed E-state index contributed by atoms with van der Waals surface area (Å²) in [6.07, 6.45) is -0.566. The summed E-state index contributed by atoms with van der Waals surface area (Å²) in [5, 5.41) is 2.42. The van der Waals surface area contributed by atoms with Crippen LogP contribution in [0.25, 0.3) is 0 Å². The van der Waals surface area contributed by atoms with Gasteiger partial charge in [0.2, 0.25) is 5.91 Å². The fraction of sp³-hybridized carbons (Fsp3) is 0.333. The van der Waals surface area contributed by atoms with Crippen LogP contribution in [0.1, 0.15) is 5.56 Å². The second-order valence-electron chi connectivity index (χ2n) is 3.80. The Morgan fingerprint density at radius 1 is 1.24 bits per heavy atom. The highest BCUT2D eigenvalue weighted by Crippen LogP contribution is 2.03. The molecule has 1 aromatic carbocycles. The van der Waals surface area contributed by atoms with Gasteiger partial charge in [0.1, 0.15) is 13.2 Å². The lowest BCUT2D eigenvalue weighted by molar-refractivity contribution is -0.124. The van der Waals surface area contributed by atoms with Crippen molar-refractivity contribution >= 4 is 12.0 Å². The third-order valence-electron chi connectivity index (χ3n) is 2.40. The fourth-order valence-electron chi connectivity index (χ4n) is 1.33. The van der Waals surface area contributed by atoms with E-state index >= 15 is 0 Å². The number of nitrogens with one attached hydrogen (secondary N) is 1. The zero-order valence-electron chi connectivity index (χ0n) is 9.39. The lowest BCUT2D eigenvalue weighted by Gasteiger charge is -2.06. The lowest BCUT2D eigenvalue weighted by atomic mass is 10.2. The first-order valence-electron chi connectivity index (χ1n) is 5.48. The SMILES string of the molecule is O=C(NCC(=O)N1CC1)OCc1ccccc1. The Bertz CT molecular complexity index is 401. The normalized spacial score (nSPS) is 13.1. The molecule has 0 atom stereocenters. The average molecular weight is 234 g/mol. The van der Waals surface area contributed by atoms with Crippen LogP contribution < -0.4 is 5.32 Å². The molecule has 1 aliphatic rings. The predicted octanol–water partition coefficient (Wildman–Crippen LogP) is 0.755. The van der Waals surface area contributed by atoms with Crippen LogP contribution in [0.2, 0.25) is 0 Å². The van der Waals surface area contributed by atoms with Crippen LogP contribution in [-0.4, -0.2) is 36.5 Å². The van der Waals surface area contributed by atoms with Crippen LogP contribution in [-0.2, 0) is 16.1 Å². The van der Waals surface area contributed by atoms with Crippen molar-refractivity contribution < 1.29 is 14.3 Å². The molecule has 1 N–H and O–H groups in total. The summed E-state index contributed by atoms with van der Waals surface area (Å²) < 4.78 is 4.96. The van der Waals surface area contributed by atoms with Gasteiger partial charge in [0, 0.05) is 13.1 Å². The maximum Gasteiger partial charge on any atom is 0.407 e. The molecule has 0 aliphatic carbocycles. The van der Waals surface area contributed by atoms with E-state index in [1.54, 1.807) is 4.90 Å². The van der Waals surface area contributed by atoms with Crippen molar-refractivity contribution in [3.8, 4) is 0 Å². The molecule has 0 aromatic heterocycles. The van der Waals surface area contributed by atoms with E-state index < -0.39 is 6.09 Å². The Kier molecular flexibility index (Phi) is 3.59. The Hall–Kier alpha value is -2.04. The first-order chi connectivity index (χ1) is 8.25. The van der Waals surface area contributed by atoms with Crippen molar-refractivity contribution in [1.29, 1.82) is 0 Å². The van der Waals surface area contributed by atoms with Crippen LogP contribution in [0, 0.1) is 0 Å². The minimum atomic E-state index is -0.566. The van der Waals surface area contributed by atoms with Crippen LogP contribution in [0.3, 0.4) is 0 Å². The predicted molar refractivity (Wildman–Crippen MR) is 61.2 cm³/mol. The third kappa shape index (κ3) is 3.79. The molecule has 1 aliphatic heterocycles. The molecule has 0 radical (unpaired) electrons. The zero-order chi connectivity index (χ0) is 12.1. The molecule has 17 heavy (non-hydrogen) atoms. The molecular formula is C12H14N2O3. The van der Waals surface area contributed by atoms with E-state index in [-0.39, 0.29) is 19.1 Å². The highest BCUT2D eigenvalue weighted by Gasteiger charge is 2.23. The quantitative estimate of drug-likeness (QED) is 0.782. The molecule has 0 spiro atoms. The Labute approximate surface area is 99.4 Å². The molecule has 2 rings (SSSR count). The molecule has 0 bridgehead atoms. The number of nitrogens with zero attached hydrogens (tertiary/aromatic N) is 1. The van der Waals surface area contributed by atoms with E-state index in [1.165, 1.54) is 0 Å². The number of alkyl carbamates (subject to hydrolysis) is 1. The van der Waals surface area contributed by atoms with Crippen molar-refractivity contribution in [2.45, 2.75) is 6.61 Å². The van der Waals surface area contributed by atoms with E-state index in [0.29, 0.717) is 0 Å². The molecular weight excluding hydrogens is 220 g/mol. The highest BCUT2D eigenvalue weighted by atomic mass is 16.5. The number of rotatable bonds is 4. The summed E-state index contributed by atoms with van der Waals surface area (Å²) >= 11 is 0. The topological polar surface area (TPSA) is 58.4 Å². The number of amides is 2. The third-order valence-corrected chi connectivity index (χ3v) is 2.40.